The van der Waals surface area contributed by atoms with E-state index in [-0.39, 0.29) is 0 Å². The van der Waals surface area contributed by atoms with Crippen molar-refractivity contribution < 1.29 is 0 Å². The second-order valence-corrected chi connectivity index (χ2v) is 8.86. The molecule has 0 unspecified atom stereocenters. The molecule has 1 aromatic heterocycles. The number of anilines is 3. The zero-order chi connectivity index (χ0) is 20.9. The third kappa shape index (κ3) is 2.90. The van der Waals surface area contributed by atoms with Crippen LogP contribution in [-0.2, 0) is 6.42 Å². The highest BCUT2D eigenvalue weighted by Gasteiger charge is 2.27. The van der Waals surface area contributed by atoms with Crippen molar-refractivity contribution in [3.63, 3.8) is 0 Å². The van der Waals surface area contributed by atoms with Crippen molar-refractivity contribution in [3.8, 4) is 11.3 Å². The highest BCUT2D eigenvalue weighted by molar-refractivity contribution is 6.14. The Kier molecular flexibility index (Phi) is 4.07. The molecule has 1 aliphatic heterocycles. The predicted molar refractivity (Wildman–Crippen MR) is 131 cm³/mol. The van der Waals surface area contributed by atoms with Gasteiger partial charge in [0.2, 0.25) is 0 Å². The number of fused-ring (bicyclic) bond motifs is 3. The Labute approximate surface area is 182 Å². The Morgan fingerprint density at radius 3 is 2.26 bits per heavy atom. The van der Waals surface area contributed by atoms with Crippen LogP contribution in [0.1, 0.15) is 19.4 Å². The number of pyridine rings is 1. The fourth-order valence-electron chi connectivity index (χ4n) is 4.91. The smallest absolute Gasteiger partial charge is 0.0822 e. The number of rotatable bonds is 3. The van der Waals surface area contributed by atoms with Gasteiger partial charge in [-0.1, -0.05) is 62.4 Å². The molecule has 0 radical (unpaired) electrons. The summed E-state index contributed by atoms with van der Waals surface area (Å²) in [6.45, 7) is 4.56. The molecule has 0 aliphatic carbocycles. The average Bonchev–Trinajstić information content (AvgIpc) is 2.78. The highest BCUT2D eigenvalue weighted by atomic mass is 15.2. The number of aromatic nitrogens is 1. The van der Waals surface area contributed by atoms with Crippen LogP contribution in [-0.4, -0.2) is 4.98 Å². The molecule has 0 spiro atoms. The molecule has 2 nitrogen and oxygen atoms in total. The molecule has 2 heteroatoms. The maximum Gasteiger partial charge on any atom is 0.0822 e. The van der Waals surface area contributed by atoms with Crippen molar-refractivity contribution in [2.24, 2.45) is 5.92 Å². The number of para-hydroxylation sites is 1. The SMILES string of the molecule is CC(C)Cc1cc2c3c(nccc3c1)-c1cc3ccccc3cc1N2c1ccccc1. The molecule has 2 heterocycles. The van der Waals surface area contributed by atoms with E-state index in [1.54, 1.807) is 0 Å². The normalized spacial score (nSPS) is 12.5. The molecule has 1 aliphatic rings. The summed E-state index contributed by atoms with van der Waals surface area (Å²) in [4.78, 5) is 7.30. The fraction of sp³-hybridized carbons (Fsp3) is 0.138. The third-order valence-electron chi connectivity index (χ3n) is 6.16. The van der Waals surface area contributed by atoms with Crippen molar-refractivity contribution in [2.45, 2.75) is 20.3 Å². The van der Waals surface area contributed by atoms with E-state index < -0.39 is 0 Å². The van der Waals surface area contributed by atoms with E-state index in [2.05, 4.69) is 104 Å². The van der Waals surface area contributed by atoms with Crippen LogP contribution in [0.2, 0.25) is 0 Å². The quantitative estimate of drug-likeness (QED) is 0.299. The molecule has 150 valence electrons. The molecular formula is C29H24N2. The predicted octanol–water partition coefficient (Wildman–Crippen LogP) is 8.04. The van der Waals surface area contributed by atoms with Crippen molar-refractivity contribution in [1.29, 1.82) is 0 Å². The monoisotopic (exact) mass is 400 g/mol. The van der Waals surface area contributed by atoms with Crippen LogP contribution < -0.4 is 4.90 Å². The van der Waals surface area contributed by atoms with Gasteiger partial charge in [0.25, 0.3) is 0 Å². The minimum absolute atomic E-state index is 0.607. The summed E-state index contributed by atoms with van der Waals surface area (Å²) < 4.78 is 0. The minimum Gasteiger partial charge on any atom is -0.309 e. The van der Waals surface area contributed by atoms with Crippen LogP contribution in [0.4, 0.5) is 17.1 Å². The summed E-state index contributed by atoms with van der Waals surface area (Å²) in [7, 11) is 0. The lowest BCUT2D eigenvalue weighted by Gasteiger charge is -2.34. The minimum atomic E-state index is 0.607. The molecule has 5 aromatic rings. The number of hydrogen-bond acceptors (Lipinski definition) is 2. The molecular weight excluding hydrogens is 376 g/mol. The lowest BCUT2D eigenvalue weighted by atomic mass is 9.90. The zero-order valence-electron chi connectivity index (χ0n) is 17.8. The van der Waals surface area contributed by atoms with E-state index in [0.717, 1.165) is 12.1 Å². The van der Waals surface area contributed by atoms with E-state index in [1.807, 2.05) is 6.20 Å². The molecule has 31 heavy (non-hydrogen) atoms. The summed E-state index contributed by atoms with van der Waals surface area (Å²) in [5, 5.41) is 4.99. The van der Waals surface area contributed by atoms with E-state index >= 15 is 0 Å². The Hall–Kier alpha value is -3.65. The van der Waals surface area contributed by atoms with Gasteiger partial charge < -0.3 is 4.90 Å². The van der Waals surface area contributed by atoms with Crippen LogP contribution in [0, 0.1) is 5.92 Å². The van der Waals surface area contributed by atoms with Crippen molar-refractivity contribution in [2.75, 3.05) is 4.90 Å². The van der Waals surface area contributed by atoms with Crippen molar-refractivity contribution in [3.05, 3.63) is 96.7 Å². The summed E-state index contributed by atoms with van der Waals surface area (Å²) >= 11 is 0. The van der Waals surface area contributed by atoms with Gasteiger partial charge in [-0.25, -0.2) is 0 Å². The first kappa shape index (κ1) is 18.1. The summed E-state index contributed by atoms with van der Waals surface area (Å²) in [5.41, 5.74) is 7.24. The van der Waals surface area contributed by atoms with E-state index in [4.69, 9.17) is 4.98 Å². The van der Waals surface area contributed by atoms with Gasteiger partial charge in [-0.2, -0.15) is 0 Å². The van der Waals surface area contributed by atoms with Crippen molar-refractivity contribution >= 4 is 38.6 Å². The van der Waals surface area contributed by atoms with Gasteiger partial charge in [0.15, 0.2) is 0 Å². The lowest BCUT2D eigenvalue weighted by Crippen LogP contribution is -2.16. The van der Waals surface area contributed by atoms with E-state index in [0.29, 0.717) is 5.92 Å². The van der Waals surface area contributed by atoms with Gasteiger partial charge in [0.1, 0.15) is 0 Å². The van der Waals surface area contributed by atoms with E-state index in [1.165, 1.54) is 49.7 Å². The van der Waals surface area contributed by atoms with Gasteiger partial charge in [0, 0.05) is 22.8 Å². The Balaban J connectivity index is 1.74. The van der Waals surface area contributed by atoms with Crippen LogP contribution in [0.3, 0.4) is 0 Å². The second-order valence-electron chi connectivity index (χ2n) is 8.86. The average molecular weight is 401 g/mol. The van der Waals surface area contributed by atoms with Gasteiger partial charge in [-0.05, 0) is 70.5 Å². The Morgan fingerprint density at radius 1 is 0.742 bits per heavy atom. The van der Waals surface area contributed by atoms with Crippen LogP contribution in [0.15, 0.2) is 91.1 Å². The number of hydrogen-bond donors (Lipinski definition) is 0. The number of benzene rings is 4. The Bertz CT molecular complexity index is 1430. The number of nitrogens with zero attached hydrogens (tertiary/aromatic N) is 2. The Morgan fingerprint density at radius 2 is 1.48 bits per heavy atom. The first-order valence-corrected chi connectivity index (χ1v) is 11.0. The summed E-state index contributed by atoms with van der Waals surface area (Å²) in [5.74, 6) is 0.607. The van der Waals surface area contributed by atoms with Crippen LogP contribution >= 0.6 is 0 Å². The van der Waals surface area contributed by atoms with Crippen LogP contribution in [0.25, 0.3) is 32.8 Å². The molecule has 0 saturated heterocycles. The molecule has 0 amide bonds. The van der Waals surface area contributed by atoms with Crippen LogP contribution in [0.5, 0.6) is 0 Å². The van der Waals surface area contributed by atoms with Gasteiger partial charge >= 0.3 is 0 Å². The first-order chi connectivity index (χ1) is 15.2. The summed E-state index contributed by atoms with van der Waals surface area (Å²) in [6.07, 6.45) is 3.02. The van der Waals surface area contributed by atoms with E-state index in [9.17, 15) is 0 Å². The van der Waals surface area contributed by atoms with Gasteiger partial charge in [-0.15, -0.1) is 0 Å². The molecule has 0 saturated carbocycles. The molecule has 0 bridgehead atoms. The second kappa shape index (κ2) is 6.95. The maximum absolute atomic E-state index is 4.88. The first-order valence-electron chi connectivity index (χ1n) is 11.0. The molecule has 0 N–H and O–H groups in total. The zero-order valence-corrected chi connectivity index (χ0v) is 17.8. The highest BCUT2D eigenvalue weighted by Crippen LogP contribution is 2.51. The molecule has 4 aromatic carbocycles. The topological polar surface area (TPSA) is 16.1 Å². The maximum atomic E-state index is 4.88. The fourth-order valence-corrected chi connectivity index (χ4v) is 4.91. The lowest BCUT2D eigenvalue weighted by molar-refractivity contribution is 0.648. The van der Waals surface area contributed by atoms with Gasteiger partial charge in [-0.3, -0.25) is 4.98 Å². The molecule has 0 fully saturated rings. The standard InChI is InChI=1S/C29H24N2/c1-19(2)14-20-15-23-12-13-30-29-25-17-21-8-6-7-9-22(21)18-26(25)31(27(16-20)28(23)29)24-10-4-3-5-11-24/h3-13,15-19H,14H2,1-2H3. The summed E-state index contributed by atoms with van der Waals surface area (Å²) in [6, 6.07) is 30.8. The largest absolute Gasteiger partial charge is 0.309 e. The molecule has 6 rings (SSSR count). The van der Waals surface area contributed by atoms with Crippen molar-refractivity contribution in [1.82, 2.24) is 4.98 Å². The third-order valence-corrected chi connectivity index (χ3v) is 6.16. The van der Waals surface area contributed by atoms with Gasteiger partial charge in [0.05, 0.1) is 17.1 Å². The molecule has 0 atom stereocenters.